The van der Waals surface area contributed by atoms with E-state index in [4.69, 9.17) is 4.74 Å². The number of nitrogens with one attached hydrogen (secondary N) is 1. The number of nitrogens with zero attached hydrogens (tertiary/aromatic N) is 1. The number of ether oxygens (including phenoxy) is 1. The Morgan fingerprint density at radius 1 is 1.24 bits per heavy atom. The third kappa shape index (κ3) is 5.42. The van der Waals surface area contributed by atoms with Gasteiger partial charge in [0.05, 0.1) is 16.6 Å². The van der Waals surface area contributed by atoms with E-state index in [1.165, 1.54) is 11.3 Å². The highest BCUT2D eigenvalue weighted by Crippen LogP contribution is 2.30. The molecule has 1 amide bonds. The first-order chi connectivity index (χ1) is 13.8. The van der Waals surface area contributed by atoms with Crippen LogP contribution in [-0.2, 0) is 22.6 Å². The van der Waals surface area contributed by atoms with Crippen molar-refractivity contribution in [2.75, 3.05) is 5.32 Å². The lowest BCUT2D eigenvalue weighted by Gasteiger charge is -2.08. The van der Waals surface area contributed by atoms with Gasteiger partial charge in [-0.15, -0.1) is 11.3 Å². The maximum Gasteiger partial charge on any atom is 0.342 e. The topological polar surface area (TPSA) is 88.5 Å². The molecule has 29 heavy (non-hydrogen) atoms. The molecule has 150 valence electrons. The SMILES string of the molecule is Cc1cc(Br)c(O)c(C(=O)OCc2csc(CC(=O)Nc3ccccc3C)n2)c1. The molecule has 0 aliphatic carbocycles. The second kappa shape index (κ2) is 9.19. The van der Waals surface area contributed by atoms with Gasteiger partial charge in [0.2, 0.25) is 5.91 Å². The first-order valence-electron chi connectivity index (χ1n) is 8.78. The number of aromatic hydroxyl groups is 1. The fraction of sp³-hybridized carbons (Fsp3) is 0.190. The first kappa shape index (κ1) is 21.0. The average Bonchev–Trinajstić information content (AvgIpc) is 3.11. The molecule has 6 nitrogen and oxygen atoms in total. The van der Waals surface area contributed by atoms with Gasteiger partial charge in [-0.05, 0) is 59.1 Å². The van der Waals surface area contributed by atoms with Gasteiger partial charge in [0, 0.05) is 11.1 Å². The number of rotatable bonds is 6. The van der Waals surface area contributed by atoms with E-state index in [2.05, 4.69) is 26.2 Å². The van der Waals surface area contributed by atoms with Crippen LogP contribution in [0.3, 0.4) is 0 Å². The van der Waals surface area contributed by atoms with Crippen LogP contribution in [0.1, 0.15) is 32.2 Å². The van der Waals surface area contributed by atoms with Crippen LogP contribution in [0.15, 0.2) is 46.3 Å². The molecular weight excluding hydrogens is 456 g/mol. The Morgan fingerprint density at radius 3 is 2.76 bits per heavy atom. The molecule has 0 fully saturated rings. The van der Waals surface area contributed by atoms with Gasteiger partial charge in [-0.1, -0.05) is 18.2 Å². The number of halogens is 1. The molecule has 0 saturated heterocycles. The van der Waals surface area contributed by atoms with Crippen LogP contribution in [0, 0.1) is 13.8 Å². The summed E-state index contributed by atoms with van der Waals surface area (Å²) in [4.78, 5) is 28.9. The summed E-state index contributed by atoms with van der Waals surface area (Å²) in [6, 6.07) is 10.8. The highest BCUT2D eigenvalue weighted by Gasteiger charge is 2.17. The minimum Gasteiger partial charge on any atom is -0.506 e. The lowest BCUT2D eigenvalue weighted by Crippen LogP contribution is -2.15. The number of anilines is 1. The fourth-order valence-electron chi connectivity index (χ4n) is 2.65. The highest BCUT2D eigenvalue weighted by molar-refractivity contribution is 9.10. The molecule has 0 aliphatic rings. The number of carbonyl (C=O) groups is 2. The number of phenols is 1. The zero-order valence-corrected chi connectivity index (χ0v) is 18.3. The quantitative estimate of drug-likeness (QED) is 0.502. The third-order valence-electron chi connectivity index (χ3n) is 4.11. The molecule has 3 rings (SSSR count). The van der Waals surface area contributed by atoms with Crippen molar-refractivity contribution >= 4 is 44.8 Å². The van der Waals surface area contributed by atoms with E-state index in [0.717, 1.165) is 16.8 Å². The number of amides is 1. The first-order valence-corrected chi connectivity index (χ1v) is 10.5. The Balaban J connectivity index is 1.57. The van der Waals surface area contributed by atoms with Crippen LogP contribution in [0.25, 0.3) is 0 Å². The van der Waals surface area contributed by atoms with E-state index in [1.807, 2.05) is 38.1 Å². The molecule has 8 heteroatoms. The number of hydrogen-bond acceptors (Lipinski definition) is 6. The maximum atomic E-state index is 12.3. The third-order valence-corrected chi connectivity index (χ3v) is 5.61. The summed E-state index contributed by atoms with van der Waals surface area (Å²) in [6.45, 7) is 3.70. The summed E-state index contributed by atoms with van der Waals surface area (Å²) in [5.41, 5.74) is 3.21. The highest BCUT2D eigenvalue weighted by atomic mass is 79.9. The van der Waals surface area contributed by atoms with Crippen LogP contribution in [0.5, 0.6) is 5.75 Å². The average molecular weight is 475 g/mol. The number of para-hydroxylation sites is 1. The number of carbonyl (C=O) groups excluding carboxylic acids is 2. The molecule has 0 radical (unpaired) electrons. The second-order valence-electron chi connectivity index (χ2n) is 6.49. The number of aromatic nitrogens is 1. The van der Waals surface area contributed by atoms with Gasteiger partial charge in [0.25, 0.3) is 0 Å². The Bertz CT molecular complexity index is 1060. The molecule has 2 N–H and O–H groups in total. The van der Waals surface area contributed by atoms with Crippen molar-refractivity contribution in [3.8, 4) is 5.75 Å². The lowest BCUT2D eigenvalue weighted by atomic mass is 10.1. The number of hydrogen-bond donors (Lipinski definition) is 2. The van der Waals surface area contributed by atoms with Crippen molar-refractivity contribution in [1.82, 2.24) is 4.98 Å². The molecule has 0 unspecified atom stereocenters. The molecule has 1 aromatic heterocycles. The van der Waals surface area contributed by atoms with Crippen LogP contribution in [0.2, 0.25) is 0 Å². The Morgan fingerprint density at radius 2 is 2.00 bits per heavy atom. The molecule has 2 aromatic carbocycles. The maximum absolute atomic E-state index is 12.3. The summed E-state index contributed by atoms with van der Waals surface area (Å²) in [5.74, 6) is -0.960. The van der Waals surface area contributed by atoms with E-state index in [1.54, 1.807) is 17.5 Å². The number of benzene rings is 2. The number of thiazole rings is 1. The van der Waals surface area contributed by atoms with Crippen LogP contribution in [0.4, 0.5) is 5.69 Å². The zero-order valence-electron chi connectivity index (χ0n) is 15.9. The van der Waals surface area contributed by atoms with Gasteiger partial charge in [0.1, 0.15) is 22.9 Å². The molecule has 3 aromatic rings. The molecule has 0 spiro atoms. The number of phenolic OH excluding ortho intramolecular Hbond substituents is 1. The summed E-state index contributed by atoms with van der Waals surface area (Å²) in [5, 5.41) is 15.3. The molecule has 0 saturated carbocycles. The Hall–Kier alpha value is -2.71. The lowest BCUT2D eigenvalue weighted by molar-refractivity contribution is -0.115. The molecule has 0 atom stereocenters. The van der Waals surface area contributed by atoms with Crippen molar-refractivity contribution in [2.45, 2.75) is 26.9 Å². The largest absolute Gasteiger partial charge is 0.506 e. The summed E-state index contributed by atoms with van der Waals surface area (Å²) >= 11 is 4.54. The van der Waals surface area contributed by atoms with Gasteiger partial charge in [0.15, 0.2) is 0 Å². The molecule has 1 heterocycles. The van der Waals surface area contributed by atoms with Crippen LogP contribution >= 0.6 is 27.3 Å². The van der Waals surface area contributed by atoms with Crippen molar-refractivity contribution in [3.63, 3.8) is 0 Å². The van der Waals surface area contributed by atoms with E-state index in [0.29, 0.717) is 15.2 Å². The summed E-state index contributed by atoms with van der Waals surface area (Å²) in [6.07, 6.45) is 0.137. The summed E-state index contributed by atoms with van der Waals surface area (Å²) in [7, 11) is 0. The summed E-state index contributed by atoms with van der Waals surface area (Å²) < 4.78 is 5.69. The predicted octanol–water partition coefficient (Wildman–Crippen LogP) is 4.77. The van der Waals surface area contributed by atoms with E-state index in [-0.39, 0.29) is 30.2 Å². The minimum atomic E-state index is -0.640. The predicted molar refractivity (Wildman–Crippen MR) is 115 cm³/mol. The van der Waals surface area contributed by atoms with Crippen LogP contribution < -0.4 is 5.32 Å². The smallest absolute Gasteiger partial charge is 0.342 e. The van der Waals surface area contributed by atoms with Gasteiger partial charge < -0.3 is 15.2 Å². The normalized spacial score (nSPS) is 10.6. The van der Waals surface area contributed by atoms with E-state index < -0.39 is 5.97 Å². The number of esters is 1. The van der Waals surface area contributed by atoms with E-state index in [9.17, 15) is 14.7 Å². The molecule has 0 aliphatic heterocycles. The molecule has 0 bridgehead atoms. The van der Waals surface area contributed by atoms with Crippen molar-refractivity contribution < 1.29 is 19.4 Å². The van der Waals surface area contributed by atoms with Crippen molar-refractivity contribution in [1.29, 1.82) is 0 Å². The van der Waals surface area contributed by atoms with Crippen LogP contribution in [-0.4, -0.2) is 22.0 Å². The molecular formula is C21H19BrN2O4S. The van der Waals surface area contributed by atoms with Gasteiger partial charge in [-0.25, -0.2) is 9.78 Å². The Kier molecular flexibility index (Phi) is 6.66. The van der Waals surface area contributed by atoms with Crippen molar-refractivity contribution in [2.24, 2.45) is 0 Å². The minimum absolute atomic E-state index is 0.0419. The fourth-order valence-corrected chi connectivity index (χ4v) is 4.00. The van der Waals surface area contributed by atoms with Gasteiger partial charge >= 0.3 is 5.97 Å². The second-order valence-corrected chi connectivity index (χ2v) is 8.29. The van der Waals surface area contributed by atoms with Gasteiger partial charge in [-0.2, -0.15) is 0 Å². The van der Waals surface area contributed by atoms with E-state index >= 15 is 0 Å². The standard InChI is InChI=1S/C21H19BrN2O4S/c1-12-7-15(20(26)16(22)8-12)21(27)28-10-14-11-29-19(23-14)9-18(25)24-17-6-4-3-5-13(17)2/h3-8,11,26H,9-10H2,1-2H3,(H,24,25). The van der Waals surface area contributed by atoms with Crippen molar-refractivity contribution in [3.05, 3.63) is 73.6 Å². The monoisotopic (exact) mass is 474 g/mol. The Labute approximate surface area is 180 Å². The number of aryl methyl sites for hydroxylation is 2. The van der Waals surface area contributed by atoms with Gasteiger partial charge in [-0.3, -0.25) is 4.79 Å². The zero-order chi connectivity index (χ0) is 21.0.